The van der Waals surface area contributed by atoms with Crippen LogP contribution in [0.2, 0.25) is 0 Å². The Morgan fingerprint density at radius 3 is 1.49 bits per heavy atom. The third-order valence-corrected chi connectivity index (χ3v) is 10.8. The zero-order chi connectivity index (χ0) is 43.9. The lowest BCUT2D eigenvalue weighted by molar-refractivity contribution is -0.385. The molecule has 10 rings (SSSR count). The van der Waals surface area contributed by atoms with E-state index < -0.39 is 33.2 Å². The molecule has 0 bridgehead atoms. The number of amides is 2. The molecule has 306 valence electrons. The maximum absolute atomic E-state index is 13.2. The van der Waals surface area contributed by atoms with Gasteiger partial charge in [-0.2, -0.15) is 10.2 Å². The monoisotopic (exact) mass is 898 g/mol. The first-order valence-electron chi connectivity index (χ1n) is 18.9. The first-order chi connectivity index (χ1) is 30.5. The van der Waals surface area contributed by atoms with Gasteiger partial charge in [0.05, 0.1) is 54.4 Å². The second-order valence-corrected chi connectivity index (χ2v) is 15.0. The summed E-state index contributed by atoms with van der Waals surface area (Å²) in [5, 5.41) is 36.4. The van der Waals surface area contributed by atoms with Gasteiger partial charge in [0, 0.05) is 65.1 Å². The number of halogens is 1. The first-order valence-corrected chi connectivity index (χ1v) is 19.7. The van der Waals surface area contributed by atoms with E-state index in [2.05, 4.69) is 36.8 Å². The van der Waals surface area contributed by atoms with E-state index in [0.29, 0.717) is 45.0 Å². The Morgan fingerprint density at radius 2 is 1.05 bits per heavy atom. The molecular formula is C46H27BrN8O8. The highest BCUT2D eigenvalue weighted by atomic mass is 79.9. The summed E-state index contributed by atoms with van der Waals surface area (Å²) in [4.78, 5) is 73.7. The highest BCUT2D eigenvalue weighted by Crippen LogP contribution is 2.41. The summed E-state index contributed by atoms with van der Waals surface area (Å²) >= 11 is 3.36. The number of carbonyl (C=O) groups is 4. The van der Waals surface area contributed by atoms with Crippen molar-refractivity contribution in [2.24, 2.45) is 0 Å². The summed E-state index contributed by atoms with van der Waals surface area (Å²) in [5.41, 5.74) is 5.70. The lowest BCUT2D eigenvalue weighted by atomic mass is 10.00. The summed E-state index contributed by atoms with van der Waals surface area (Å²) < 4.78 is 4.04. The number of ketones is 2. The van der Waals surface area contributed by atoms with Crippen LogP contribution in [0.15, 0.2) is 157 Å². The van der Waals surface area contributed by atoms with Crippen LogP contribution in [0.25, 0.3) is 33.6 Å². The minimum atomic E-state index is -0.547. The van der Waals surface area contributed by atoms with Gasteiger partial charge in [-0.05, 0) is 92.8 Å². The van der Waals surface area contributed by atoms with Crippen LogP contribution in [0.5, 0.6) is 0 Å². The van der Waals surface area contributed by atoms with Gasteiger partial charge in [-0.15, -0.1) is 0 Å². The number of nitrogens with one attached hydrogen (secondary N) is 2. The molecule has 0 saturated carbocycles. The molecule has 2 N–H and O–H groups in total. The lowest BCUT2D eigenvalue weighted by Gasteiger charge is -2.12. The predicted molar refractivity (Wildman–Crippen MR) is 235 cm³/mol. The molecule has 2 aromatic heterocycles. The van der Waals surface area contributed by atoms with Gasteiger partial charge in [-0.3, -0.25) is 39.4 Å². The van der Waals surface area contributed by atoms with Crippen molar-refractivity contribution in [3.8, 4) is 33.6 Å². The van der Waals surface area contributed by atoms with Crippen LogP contribution in [0.4, 0.5) is 22.7 Å². The smallest absolute Gasteiger partial charge is 0.270 e. The largest absolute Gasteiger partial charge is 0.320 e. The SMILES string of the molecule is O=C(Nc1ccccc1-n1cc(Br)cn1)c1cccc2c1C(=O)c1cc([N+](=O)[O-])ccc1-2.O=C(Nc1ccccc1-n1cccn1)c1cccc2c1C(=O)c1cc([N+](=O)[O-])ccc1-2. The second-order valence-electron chi connectivity index (χ2n) is 14.1. The molecule has 0 saturated heterocycles. The van der Waals surface area contributed by atoms with Crippen LogP contribution < -0.4 is 10.6 Å². The average molecular weight is 900 g/mol. The fraction of sp³-hybridized carbons (Fsp3) is 0. The van der Waals surface area contributed by atoms with Crippen molar-refractivity contribution in [3.63, 3.8) is 0 Å². The summed E-state index contributed by atoms with van der Waals surface area (Å²) in [7, 11) is 0. The van der Waals surface area contributed by atoms with Gasteiger partial charge < -0.3 is 10.6 Å². The number of carbonyl (C=O) groups excluding carboxylic acids is 4. The number of hydrogen-bond acceptors (Lipinski definition) is 10. The molecule has 63 heavy (non-hydrogen) atoms. The van der Waals surface area contributed by atoms with Gasteiger partial charge in [0.25, 0.3) is 23.2 Å². The molecule has 6 aromatic carbocycles. The normalized spacial score (nSPS) is 11.7. The summed E-state index contributed by atoms with van der Waals surface area (Å²) in [6.45, 7) is 0. The number of benzene rings is 6. The fourth-order valence-corrected chi connectivity index (χ4v) is 7.89. The number of nitro groups is 2. The summed E-state index contributed by atoms with van der Waals surface area (Å²) in [5.74, 6) is -1.73. The van der Waals surface area contributed by atoms with E-state index in [9.17, 15) is 39.4 Å². The Labute approximate surface area is 363 Å². The average Bonchev–Trinajstić information content (AvgIpc) is 4.10. The Bertz CT molecular complexity index is 3250. The number of aromatic nitrogens is 4. The zero-order valence-electron chi connectivity index (χ0n) is 32.3. The van der Waals surface area contributed by atoms with E-state index in [4.69, 9.17) is 0 Å². The van der Waals surface area contributed by atoms with Crippen molar-refractivity contribution in [1.29, 1.82) is 0 Å². The number of rotatable bonds is 8. The molecular weight excluding hydrogens is 872 g/mol. The molecule has 0 aliphatic heterocycles. The Hall–Kier alpha value is -8.70. The Kier molecular flexibility index (Phi) is 10.1. The molecule has 2 amide bonds. The molecule has 0 unspecified atom stereocenters. The minimum Gasteiger partial charge on any atom is -0.320 e. The van der Waals surface area contributed by atoms with Crippen LogP contribution in [-0.4, -0.2) is 52.8 Å². The topological polar surface area (TPSA) is 214 Å². The highest BCUT2D eigenvalue weighted by molar-refractivity contribution is 9.10. The summed E-state index contributed by atoms with van der Waals surface area (Å²) in [6.07, 6.45) is 6.80. The van der Waals surface area contributed by atoms with E-state index in [1.807, 2.05) is 24.3 Å². The van der Waals surface area contributed by atoms with Crippen molar-refractivity contribution in [1.82, 2.24) is 19.6 Å². The first kappa shape index (κ1) is 39.7. The third-order valence-electron chi connectivity index (χ3n) is 10.4. The number of para-hydroxylation sites is 4. The fourth-order valence-electron chi connectivity index (χ4n) is 7.61. The van der Waals surface area contributed by atoms with Crippen molar-refractivity contribution < 1.29 is 29.0 Å². The number of hydrogen-bond donors (Lipinski definition) is 2. The number of nitrogens with zero attached hydrogens (tertiary/aromatic N) is 6. The quantitative estimate of drug-likeness (QED) is 0.109. The molecule has 8 aromatic rings. The molecule has 0 radical (unpaired) electrons. The number of non-ortho nitro benzene ring substituents is 2. The molecule has 0 fully saturated rings. The van der Waals surface area contributed by atoms with Crippen molar-refractivity contribution >= 4 is 62.1 Å². The molecule has 17 heteroatoms. The molecule has 2 aliphatic carbocycles. The number of anilines is 2. The molecule has 2 aliphatic rings. The van der Waals surface area contributed by atoms with E-state index in [1.165, 1.54) is 24.3 Å². The lowest BCUT2D eigenvalue weighted by Crippen LogP contribution is -2.17. The van der Waals surface area contributed by atoms with Crippen LogP contribution in [0.1, 0.15) is 52.6 Å². The minimum absolute atomic E-state index is 0.168. The van der Waals surface area contributed by atoms with Gasteiger partial charge in [-0.25, -0.2) is 9.36 Å². The number of nitro benzene ring substituents is 2. The maximum Gasteiger partial charge on any atom is 0.270 e. The highest BCUT2D eigenvalue weighted by Gasteiger charge is 2.34. The van der Waals surface area contributed by atoms with Crippen molar-refractivity contribution in [3.05, 3.63) is 210 Å². The Balaban J connectivity index is 0.000000160. The van der Waals surface area contributed by atoms with Crippen LogP contribution in [0, 0.1) is 20.2 Å². The van der Waals surface area contributed by atoms with E-state index >= 15 is 0 Å². The van der Waals surface area contributed by atoms with Gasteiger partial charge >= 0.3 is 0 Å². The maximum atomic E-state index is 13.2. The number of fused-ring (bicyclic) bond motifs is 6. The standard InChI is InChI=1S/C23H13BrN4O4.C23H14N4O4/c24-13-11-25-27(12-13)20-7-2-1-6-19(20)26-23(30)17-5-3-4-16-15-9-8-14(28(31)32)10-18(15)22(29)21(16)17;28-22-18-13-14(27(30)31)9-10-15(18)16-5-3-6-17(21(16)22)23(29)25-19-7-1-2-8-20(19)26-12-4-11-24-26/h1-12H,(H,26,30);1-13H,(H,25,29). The second kappa shape index (κ2) is 16.1. The van der Waals surface area contributed by atoms with E-state index in [-0.39, 0.29) is 44.8 Å². The third kappa shape index (κ3) is 7.23. The van der Waals surface area contributed by atoms with Crippen LogP contribution in [-0.2, 0) is 0 Å². The van der Waals surface area contributed by atoms with Crippen molar-refractivity contribution in [2.75, 3.05) is 10.6 Å². The zero-order valence-corrected chi connectivity index (χ0v) is 33.8. The van der Waals surface area contributed by atoms with E-state index in [0.717, 1.165) is 4.47 Å². The van der Waals surface area contributed by atoms with Gasteiger partial charge in [-0.1, -0.05) is 48.5 Å². The van der Waals surface area contributed by atoms with Crippen LogP contribution in [0.3, 0.4) is 0 Å². The van der Waals surface area contributed by atoms with Gasteiger partial charge in [0.2, 0.25) is 0 Å². The van der Waals surface area contributed by atoms with Crippen LogP contribution >= 0.6 is 15.9 Å². The predicted octanol–water partition coefficient (Wildman–Crippen LogP) is 9.25. The van der Waals surface area contributed by atoms with E-state index in [1.54, 1.807) is 113 Å². The Morgan fingerprint density at radius 1 is 0.556 bits per heavy atom. The molecule has 16 nitrogen and oxygen atoms in total. The summed E-state index contributed by atoms with van der Waals surface area (Å²) in [6, 6.07) is 34.4. The van der Waals surface area contributed by atoms with Gasteiger partial charge in [0.15, 0.2) is 11.6 Å². The van der Waals surface area contributed by atoms with Crippen molar-refractivity contribution in [2.45, 2.75) is 0 Å². The molecule has 0 spiro atoms. The molecule has 0 atom stereocenters. The molecule has 2 heterocycles. The van der Waals surface area contributed by atoms with Gasteiger partial charge in [0.1, 0.15) is 0 Å².